The number of nitrogens with one attached hydrogen (secondary N) is 1. The first-order chi connectivity index (χ1) is 8.08. The summed E-state index contributed by atoms with van der Waals surface area (Å²) < 4.78 is 13.1. The summed E-state index contributed by atoms with van der Waals surface area (Å²) in [6, 6.07) is 4.57. The Bertz CT molecular complexity index is 547. The van der Waals surface area contributed by atoms with E-state index in [-0.39, 0.29) is 11.7 Å². The van der Waals surface area contributed by atoms with Gasteiger partial charge in [-0.15, -0.1) is 0 Å². The van der Waals surface area contributed by atoms with Crippen molar-refractivity contribution in [1.82, 2.24) is 4.98 Å². The Hall–Kier alpha value is -1.84. The zero-order valence-corrected chi connectivity index (χ0v) is 9.53. The lowest BCUT2D eigenvalue weighted by molar-refractivity contribution is -0.141. The lowest BCUT2D eigenvalue weighted by Crippen LogP contribution is -2.10. The molecule has 3 nitrogen and oxygen atoms in total. The molecule has 1 aromatic carbocycles. The first-order valence-corrected chi connectivity index (χ1v) is 5.56. The SMILES string of the molecule is CC(CCc1c[nH]c2ccc(F)cc12)C(=O)O. The van der Waals surface area contributed by atoms with Crippen LogP contribution in [0.4, 0.5) is 4.39 Å². The van der Waals surface area contributed by atoms with Gasteiger partial charge in [-0.3, -0.25) is 4.79 Å². The molecule has 2 aromatic rings. The first kappa shape index (κ1) is 11.6. The van der Waals surface area contributed by atoms with Crippen molar-refractivity contribution in [2.45, 2.75) is 19.8 Å². The van der Waals surface area contributed by atoms with E-state index >= 15 is 0 Å². The minimum atomic E-state index is -0.795. The van der Waals surface area contributed by atoms with E-state index in [2.05, 4.69) is 4.98 Å². The van der Waals surface area contributed by atoms with Gasteiger partial charge in [0.1, 0.15) is 5.82 Å². The van der Waals surface area contributed by atoms with Crippen molar-refractivity contribution < 1.29 is 14.3 Å². The molecule has 0 aliphatic rings. The van der Waals surface area contributed by atoms with E-state index in [9.17, 15) is 9.18 Å². The van der Waals surface area contributed by atoms with Crippen LogP contribution in [0, 0.1) is 11.7 Å². The number of rotatable bonds is 4. The van der Waals surface area contributed by atoms with E-state index in [0.717, 1.165) is 16.5 Å². The molecule has 1 unspecified atom stereocenters. The largest absolute Gasteiger partial charge is 0.481 e. The highest BCUT2D eigenvalue weighted by Crippen LogP contribution is 2.21. The lowest BCUT2D eigenvalue weighted by atomic mass is 10.0. The number of aromatic nitrogens is 1. The maximum Gasteiger partial charge on any atom is 0.306 e. The summed E-state index contributed by atoms with van der Waals surface area (Å²) in [7, 11) is 0. The van der Waals surface area contributed by atoms with Crippen LogP contribution in [0.25, 0.3) is 10.9 Å². The molecule has 0 bridgehead atoms. The lowest BCUT2D eigenvalue weighted by Gasteiger charge is -2.04. The number of carboxylic acids is 1. The Kier molecular flexibility index (Phi) is 3.13. The second-order valence-corrected chi connectivity index (χ2v) is 4.28. The number of halogens is 1. The predicted octanol–water partition coefficient (Wildman–Crippen LogP) is 2.96. The quantitative estimate of drug-likeness (QED) is 0.856. The molecular weight excluding hydrogens is 221 g/mol. The van der Waals surface area contributed by atoms with Gasteiger partial charge in [0.2, 0.25) is 0 Å². The highest BCUT2D eigenvalue weighted by Gasteiger charge is 2.12. The highest BCUT2D eigenvalue weighted by atomic mass is 19.1. The molecule has 0 radical (unpaired) electrons. The van der Waals surface area contributed by atoms with Gasteiger partial charge in [0.05, 0.1) is 5.92 Å². The third kappa shape index (κ3) is 2.46. The number of carbonyl (C=O) groups is 1. The maximum atomic E-state index is 13.1. The zero-order valence-electron chi connectivity index (χ0n) is 9.53. The molecular formula is C13H14FNO2. The van der Waals surface area contributed by atoms with Gasteiger partial charge in [-0.05, 0) is 36.6 Å². The molecule has 0 aliphatic heterocycles. The van der Waals surface area contributed by atoms with Crippen LogP contribution >= 0.6 is 0 Å². The first-order valence-electron chi connectivity index (χ1n) is 5.56. The van der Waals surface area contributed by atoms with Crippen LogP contribution in [-0.2, 0) is 11.2 Å². The average Bonchev–Trinajstić information content (AvgIpc) is 2.68. The summed E-state index contributed by atoms with van der Waals surface area (Å²) in [6.45, 7) is 1.68. The molecule has 2 N–H and O–H groups in total. The van der Waals surface area contributed by atoms with Crippen molar-refractivity contribution in [3.8, 4) is 0 Å². The number of aryl methyl sites for hydroxylation is 1. The summed E-state index contributed by atoms with van der Waals surface area (Å²) in [5, 5.41) is 9.64. The summed E-state index contributed by atoms with van der Waals surface area (Å²) in [5.74, 6) is -1.45. The average molecular weight is 235 g/mol. The molecule has 0 aliphatic carbocycles. The van der Waals surface area contributed by atoms with Gasteiger partial charge < -0.3 is 10.1 Å². The molecule has 90 valence electrons. The Morgan fingerprint density at radius 1 is 1.53 bits per heavy atom. The fraction of sp³-hybridized carbons (Fsp3) is 0.308. The smallest absolute Gasteiger partial charge is 0.306 e. The minimum Gasteiger partial charge on any atom is -0.481 e. The third-order valence-corrected chi connectivity index (χ3v) is 3.00. The minimum absolute atomic E-state index is 0.273. The molecule has 1 heterocycles. The van der Waals surface area contributed by atoms with E-state index in [1.54, 1.807) is 13.0 Å². The van der Waals surface area contributed by atoms with Crippen molar-refractivity contribution in [1.29, 1.82) is 0 Å². The second-order valence-electron chi connectivity index (χ2n) is 4.28. The highest BCUT2D eigenvalue weighted by molar-refractivity contribution is 5.83. The number of fused-ring (bicyclic) bond motifs is 1. The van der Waals surface area contributed by atoms with Gasteiger partial charge in [0, 0.05) is 17.1 Å². The number of hydrogen-bond acceptors (Lipinski definition) is 1. The molecule has 17 heavy (non-hydrogen) atoms. The molecule has 0 amide bonds. The van der Waals surface area contributed by atoms with Crippen molar-refractivity contribution >= 4 is 16.9 Å². The van der Waals surface area contributed by atoms with Gasteiger partial charge in [0.15, 0.2) is 0 Å². The van der Waals surface area contributed by atoms with E-state index in [4.69, 9.17) is 5.11 Å². The Morgan fingerprint density at radius 3 is 3.00 bits per heavy atom. The second kappa shape index (κ2) is 4.57. The van der Waals surface area contributed by atoms with Crippen molar-refractivity contribution in [2.24, 2.45) is 5.92 Å². The molecule has 0 fully saturated rings. The van der Waals surface area contributed by atoms with Crippen molar-refractivity contribution in [3.05, 3.63) is 35.8 Å². The predicted molar refractivity (Wildman–Crippen MR) is 63.4 cm³/mol. The number of aliphatic carboxylic acids is 1. The van der Waals surface area contributed by atoms with Crippen LogP contribution in [0.15, 0.2) is 24.4 Å². The number of H-pyrrole nitrogens is 1. The number of aromatic amines is 1. The third-order valence-electron chi connectivity index (χ3n) is 3.00. The normalized spacial score (nSPS) is 12.8. The van der Waals surface area contributed by atoms with Gasteiger partial charge in [-0.25, -0.2) is 4.39 Å². The van der Waals surface area contributed by atoms with Gasteiger partial charge in [0.25, 0.3) is 0 Å². The number of carboxylic acid groups (broad SMARTS) is 1. The van der Waals surface area contributed by atoms with Crippen LogP contribution in [0.5, 0.6) is 0 Å². The topological polar surface area (TPSA) is 53.1 Å². The molecule has 0 spiro atoms. The number of benzene rings is 1. The standard InChI is InChI=1S/C13H14FNO2/c1-8(13(16)17)2-3-9-7-15-12-5-4-10(14)6-11(9)12/h4-8,15H,2-3H2,1H3,(H,16,17). The number of hydrogen-bond donors (Lipinski definition) is 2. The van der Waals surface area contributed by atoms with Gasteiger partial charge in [-0.2, -0.15) is 0 Å². The Labute approximate surface area is 98.3 Å². The molecule has 4 heteroatoms. The fourth-order valence-corrected chi connectivity index (χ4v) is 1.85. The maximum absolute atomic E-state index is 13.1. The summed E-state index contributed by atoms with van der Waals surface area (Å²) in [5.41, 5.74) is 1.84. The van der Waals surface area contributed by atoms with E-state index in [0.29, 0.717) is 12.8 Å². The molecule has 1 atom stereocenters. The van der Waals surface area contributed by atoms with Crippen LogP contribution in [0.3, 0.4) is 0 Å². The Morgan fingerprint density at radius 2 is 2.29 bits per heavy atom. The fourth-order valence-electron chi connectivity index (χ4n) is 1.85. The van der Waals surface area contributed by atoms with E-state index in [1.165, 1.54) is 12.1 Å². The molecule has 1 aromatic heterocycles. The van der Waals surface area contributed by atoms with Crippen LogP contribution in [-0.4, -0.2) is 16.1 Å². The molecule has 0 saturated heterocycles. The van der Waals surface area contributed by atoms with Crippen molar-refractivity contribution in [3.63, 3.8) is 0 Å². The summed E-state index contributed by atoms with van der Waals surface area (Å²) in [4.78, 5) is 13.8. The monoisotopic (exact) mass is 235 g/mol. The van der Waals surface area contributed by atoms with Crippen molar-refractivity contribution in [2.75, 3.05) is 0 Å². The Balaban J connectivity index is 2.19. The van der Waals surface area contributed by atoms with Crippen LogP contribution in [0.2, 0.25) is 0 Å². The molecule has 2 rings (SSSR count). The zero-order chi connectivity index (χ0) is 12.4. The van der Waals surface area contributed by atoms with Crippen LogP contribution < -0.4 is 0 Å². The summed E-state index contributed by atoms with van der Waals surface area (Å²) in [6.07, 6.45) is 3.01. The molecule has 0 saturated carbocycles. The van der Waals surface area contributed by atoms with Gasteiger partial charge >= 0.3 is 5.97 Å². The van der Waals surface area contributed by atoms with Crippen LogP contribution in [0.1, 0.15) is 18.9 Å². The van der Waals surface area contributed by atoms with Gasteiger partial charge in [-0.1, -0.05) is 6.92 Å². The summed E-state index contributed by atoms with van der Waals surface area (Å²) >= 11 is 0. The van der Waals surface area contributed by atoms with E-state index < -0.39 is 5.97 Å². The van der Waals surface area contributed by atoms with E-state index in [1.807, 2.05) is 6.20 Å².